The molecule has 1 aromatic carbocycles. The lowest BCUT2D eigenvalue weighted by atomic mass is 10.2. The Morgan fingerprint density at radius 1 is 1.29 bits per heavy atom. The summed E-state index contributed by atoms with van der Waals surface area (Å²) in [4.78, 5) is 15.3. The van der Waals surface area contributed by atoms with Gasteiger partial charge < -0.3 is 10.4 Å². The van der Waals surface area contributed by atoms with Crippen LogP contribution in [0.3, 0.4) is 0 Å². The van der Waals surface area contributed by atoms with Gasteiger partial charge in [0.05, 0.1) is 5.56 Å². The molecule has 2 rings (SSSR count). The molecule has 0 aromatic heterocycles. The number of nitrogens with one attached hydrogen (secondary N) is 1. The monoisotopic (exact) mass is 232 g/mol. The first-order chi connectivity index (χ1) is 8.25. The third-order valence-corrected chi connectivity index (χ3v) is 2.77. The molecule has 17 heavy (non-hydrogen) atoms. The van der Waals surface area contributed by atoms with Crippen molar-refractivity contribution in [3.05, 3.63) is 29.8 Å². The first kappa shape index (κ1) is 11.6. The van der Waals surface area contributed by atoms with E-state index in [0.717, 1.165) is 37.3 Å². The van der Waals surface area contributed by atoms with Gasteiger partial charge in [-0.1, -0.05) is 12.5 Å². The van der Waals surface area contributed by atoms with E-state index in [2.05, 4.69) is 10.3 Å². The summed E-state index contributed by atoms with van der Waals surface area (Å²) in [5, 5.41) is 12.1. The molecular formula is C13H16N2O2. The molecule has 90 valence electrons. The van der Waals surface area contributed by atoms with E-state index in [-0.39, 0.29) is 0 Å². The van der Waals surface area contributed by atoms with Crippen LogP contribution in [-0.4, -0.2) is 23.5 Å². The van der Waals surface area contributed by atoms with E-state index in [1.165, 1.54) is 6.42 Å². The molecule has 4 heteroatoms. The Bertz CT molecular complexity index is 441. The Hall–Kier alpha value is -1.84. The summed E-state index contributed by atoms with van der Waals surface area (Å²) in [6, 6.07) is 6.82. The predicted molar refractivity (Wildman–Crippen MR) is 67.8 cm³/mol. The lowest BCUT2D eigenvalue weighted by Gasteiger charge is -2.08. The molecule has 1 heterocycles. The Balaban J connectivity index is 2.09. The summed E-state index contributed by atoms with van der Waals surface area (Å²) in [5.41, 5.74) is 1.09. The molecule has 0 saturated carbocycles. The van der Waals surface area contributed by atoms with Gasteiger partial charge in [0.25, 0.3) is 0 Å². The van der Waals surface area contributed by atoms with E-state index in [4.69, 9.17) is 5.11 Å². The first-order valence-electron chi connectivity index (χ1n) is 5.89. The van der Waals surface area contributed by atoms with Gasteiger partial charge in [0.1, 0.15) is 5.84 Å². The largest absolute Gasteiger partial charge is 0.478 e. The van der Waals surface area contributed by atoms with Gasteiger partial charge >= 0.3 is 5.97 Å². The number of aromatic carboxylic acids is 1. The second-order valence-electron chi connectivity index (χ2n) is 4.15. The Kier molecular flexibility index (Phi) is 3.75. The highest BCUT2D eigenvalue weighted by molar-refractivity contribution is 5.97. The summed E-state index contributed by atoms with van der Waals surface area (Å²) in [6.07, 6.45) is 4.44. The van der Waals surface area contributed by atoms with E-state index < -0.39 is 5.97 Å². The molecular weight excluding hydrogens is 216 g/mol. The van der Waals surface area contributed by atoms with Gasteiger partial charge in [-0.2, -0.15) is 0 Å². The van der Waals surface area contributed by atoms with Crippen LogP contribution in [0.1, 0.15) is 36.0 Å². The maximum atomic E-state index is 10.8. The topological polar surface area (TPSA) is 61.7 Å². The number of hydrogen-bond donors (Lipinski definition) is 2. The first-order valence-corrected chi connectivity index (χ1v) is 5.89. The second-order valence-corrected chi connectivity index (χ2v) is 4.15. The number of aliphatic imine (C=N–C) groups is 1. The van der Waals surface area contributed by atoms with Crippen molar-refractivity contribution in [2.75, 3.05) is 11.9 Å². The SMILES string of the molecule is O=C(O)c1cccc(NC2=NCCCCC2)c1. The van der Waals surface area contributed by atoms with E-state index in [0.29, 0.717) is 5.56 Å². The van der Waals surface area contributed by atoms with Crippen LogP contribution in [0, 0.1) is 0 Å². The molecule has 0 spiro atoms. The molecule has 0 bridgehead atoms. The van der Waals surface area contributed by atoms with E-state index in [9.17, 15) is 4.79 Å². The van der Waals surface area contributed by atoms with Crippen molar-refractivity contribution in [3.63, 3.8) is 0 Å². The minimum atomic E-state index is -0.906. The number of nitrogens with zero attached hydrogens (tertiary/aromatic N) is 1. The van der Waals surface area contributed by atoms with Crippen LogP contribution in [0.25, 0.3) is 0 Å². The minimum Gasteiger partial charge on any atom is -0.478 e. The minimum absolute atomic E-state index is 0.296. The fourth-order valence-corrected chi connectivity index (χ4v) is 1.87. The van der Waals surface area contributed by atoms with Gasteiger partial charge in [-0.25, -0.2) is 4.79 Å². The second kappa shape index (κ2) is 5.48. The third kappa shape index (κ3) is 3.31. The fourth-order valence-electron chi connectivity index (χ4n) is 1.87. The summed E-state index contributed by atoms with van der Waals surface area (Å²) in [7, 11) is 0. The number of benzene rings is 1. The number of carboxylic acid groups (broad SMARTS) is 1. The Morgan fingerprint density at radius 2 is 2.18 bits per heavy atom. The lowest BCUT2D eigenvalue weighted by Crippen LogP contribution is -2.12. The van der Waals surface area contributed by atoms with Gasteiger partial charge in [-0.05, 0) is 31.0 Å². The quantitative estimate of drug-likeness (QED) is 0.824. The van der Waals surface area contributed by atoms with E-state index in [1.807, 2.05) is 6.07 Å². The molecule has 0 atom stereocenters. The summed E-state index contributed by atoms with van der Waals surface area (Å²) in [6.45, 7) is 0.862. The normalized spacial score (nSPS) is 15.9. The summed E-state index contributed by atoms with van der Waals surface area (Å²) < 4.78 is 0. The zero-order chi connectivity index (χ0) is 12.1. The van der Waals surface area contributed by atoms with Crippen LogP contribution in [-0.2, 0) is 0 Å². The molecule has 0 saturated heterocycles. The van der Waals surface area contributed by atoms with E-state index in [1.54, 1.807) is 18.2 Å². The van der Waals surface area contributed by atoms with Crippen molar-refractivity contribution in [1.29, 1.82) is 0 Å². The molecule has 2 N–H and O–H groups in total. The number of carbonyl (C=O) groups is 1. The molecule has 0 radical (unpaired) electrons. The van der Waals surface area contributed by atoms with Gasteiger partial charge in [0, 0.05) is 18.7 Å². The van der Waals surface area contributed by atoms with Gasteiger partial charge in [-0.3, -0.25) is 4.99 Å². The fraction of sp³-hybridized carbons (Fsp3) is 0.385. The Morgan fingerprint density at radius 3 is 3.00 bits per heavy atom. The summed E-state index contributed by atoms with van der Waals surface area (Å²) >= 11 is 0. The van der Waals surface area contributed by atoms with Crippen LogP contribution in [0.4, 0.5) is 5.69 Å². The molecule has 0 fully saturated rings. The number of hydrogen-bond acceptors (Lipinski definition) is 3. The molecule has 1 aliphatic heterocycles. The molecule has 1 aliphatic rings. The van der Waals surface area contributed by atoms with Crippen molar-refractivity contribution < 1.29 is 9.90 Å². The van der Waals surface area contributed by atoms with Gasteiger partial charge in [0.2, 0.25) is 0 Å². The number of amidine groups is 1. The lowest BCUT2D eigenvalue weighted by molar-refractivity contribution is 0.0697. The number of carboxylic acids is 1. The third-order valence-electron chi connectivity index (χ3n) is 2.77. The van der Waals surface area contributed by atoms with Crippen LogP contribution in [0.2, 0.25) is 0 Å². The van der Waals surface area contributed by atoms with Crippen LogP contribution >= 0.6 is 0 Å². The van der Waals surface area contributed by atoms with Crippen LogP contribution in [0.5, 0.6) is 0 Å². The number of anilines is 1. The average molecular weight is 232 g/mol. The van der Waals surface area contributed by atoms with Crippen molar-refractivity contribution in [2.45, 2.75) is 25.7 Å². The van der Waals surface area contributed by atoms with Crippen LogP contribution in [0.15, 0.2) is 29.3 Å². The number of rotatable bonds is 2. The standard InChI is InChI=1S/C13H16N2O2/c16-13(17)10-5-4-6-11(9-10)15-12-7-2-1-3-8-14-12/h4-6,9H,1-3,7-8H2,(H,14,15)(H,16,17). The van der Waals surface area contributed by atoms with Crippen molar-refractivity contribution >= 4 is 17.5 Å². The van der Waals surface area contributed by atoms with Gasteiger partial charge in [-0.15, -0.1) is 0 Å². The molecule has 0 unspecified atom stereocenters. The maximum absolute atomic E-state index is 10.8. The van der Waals surface area contributed by atoms with Gasteiger partial charge in [0.15, 0.2) is 0 Å². The predicted octanol–water partition coefficient (Wildman–Crippen LogP) is 2.77. The van der Waals surface area contributed by atoms with Crippen LogP contribution < -0.4 is 5.32 Å². The highest BCUT2D eigenvalue weighted by Crippen LogP contribution is 2.14. The smallest absolute Gasteiger partial charge is 0.335 e. The maximum Gasteiger partial charge on any atom is 0.335 e. The molecule has 4 nitrogen and oxygen atoms in total. The summed E-state index contributed by atoms with van der Waals surface area (Å²) in [5.74, 6) is 0.0569. The molecule has 0 amide bonds. The van der Waals surface area contributed by atoms with Crippen molar-refractivity contribution in [2.24, 2.45) is 4.99 Å². The highest BCUT2D eigenvalue weighted by Gasteiger charge is 2.06. The molecule has 1 aromatic rings. The molecule has 0 aliphatic carbocycles. The van der Waals surface area contributed by atoms with E-state index >= 15 is 0 Å². The zero-order valence-corrected chi connectivity index (χ0v) is 9.65. The zero-order valence-electron chi connectivity index (χ0n) is 9.65. The average Bonchev–Trinajstić information content (AvgIpc) is 2.58. The van der Waals surface area contributed by atoms with Crippen molar-refractivity contribution in [1.82, 2.24) is 0 Å². The van der Waals surface area contributed by atoms with Crippen molar-refractivity contribution in [3.8, 4) is 0 Å². The highest BCUT2D eigenvalue weighted by atomic mass is 16.4. The Labute approximate surface area is 100 Å².